The van der Waals surface area contributed by atoms with Crippen molar-refractivity contribution < 1.29 is 4.42 Å². The van der Waals surface area contributed by atoms with Crippen LogP contribution in [0.1, 0.15) is 40.4 Å². The lowest BCUT2D eigenvalue weighted by Crippen LogP contribution is -2.08. The fourth-order valence-electron chi connectivity index (χ4n) is 1.25. The molecule has 0 N–H and O–H groups in total. The van der Waals surface area contributed by atoms with Gasteiger partial charge in [-0.1, -0.05) is 34.6 Å². The normalized spacial score (nSPS) is 11.0. The molecule has 0 fully saturated rings. The summed E-state index contributed by atoms with van der Waals surface area (Å²) < 4.78 is 5.69. The monoisotopic (exact) mass is 205 g/mol. The van der Waals surface area contributed by atoms with E-state index in [1.165, 1.54) is 0 Å². The molecule has 0 aliphatic rings. The smallest absolute Gasteiger partial charge is 0.137 e. The number of aromatic nitrogens is 1. The second-order valence-corrected chi connectivity index (χ2v) is 4.27. The summed E-state index contributed by atoms with van der Waals surface area (Å²) in [6.45, 7) is 10.4. The molecule has 0 aliphatic heterocycles. The molecule has 2 heterocycles. The zero-order valence-corrected chi connectivity index (χ0v) is 10.2. The molecule has 0 atom stereocenters. The number of furan rings is 1. The molecule has 2 rings (SSSR count). The van der Waals surface area contributed by atoms with Crippen molar-refractivity contribution in [2.24, 2.45) is 0 Å². The topological polar surface area (TPSA) is 26.0 Å². The van der Waals surface area contributed by atoms with Crippen LogP contribution in [0.15, 0.2) is 28.9 Å². The fourth-order valence-corrected chi connectivity index (χ4v) is 1.25. The molecular weight excluding hydrogens is 186 g/mol. The van der Waals surface area contributed by atoms with Crippen LogP contribution in [0, 0.1) is 0 Å². The highest BCUT2D eigenvalue weighted by molar-refractivity contribution is 5.76. The van der Waals surface area contributed by atoms with Crippen LogP contribution in [0.25, 0.3) is 11.0 Å². The maximum absolute atomic E-state index is 5.69. The van der Waals surface area contributed by atoms with E-state index in [1.54, 1.807) is 6.20 Å². The summed E-state index contributed by atoms with van der Waals surface area (Å²) in [5.74, 6) is 1.01. The highest BCUT2D eigenvalue weighted by Gasteiger charge is 2.18. The van der Waals surface area contributed by atoms with E-state index in [0.29, 0.717) is 0 Å². The molecular formula is C13H19NO. The van der Waals surface area contributed by atoms with Gasteiger partial charge in [0.15, 0.2) is 0 Å². The molecule has 0 unspecified atom stereocenters. The van der Waals surface area contributed by atoms with Gasteiger partial charge in [0.1, 0.15) is 11.3 Å². The largest absolute Gasteiger partial charge is 0.460 e. The average molecular weight is 205 g/mol. The minimum atomic E-state index is 0.0685. The van der Waals surface area contributed by atoms with Crippen LogP contribution >= 0.6 is 0 Å². The molecule has 15 heavy (non-hydrogen) atoms. The molecule has 0 saturated carbocycles. The van der Waals surface area contributed by atoms with Crippen LogP contribution in [0.2, 0.25) is 0 Å². The lowest BCUT2D eigenvalue weighted by molar-refractivity contribution is 0.430. The first-order valence-electron chi connectivity index (χ1n) is 5.41. The van der Waals surface area contributed by atoms with Gasteiger partial charge in [-0.2, -0.15) is 0 Å². The Bertz CT molecular complexity index is 390. The van der Waals surface area contributed by atoms with Crippen molar-refractivity contribution in [1.82, 2.24) is 4.98 Å². The van der Waals surface area contributed by atoms with Crippen molar-refractivity contribution in [3.63, 3.8) is 0 Å². The Morgan fingerprint density at radius 1 is 1.20 bits per heavy atom. The molecule has 2 heteroatoms. The lowest BCUT2D eigenvalue weighted by Gasteiger charge is -2.13. The van der Waals surface area contributed by atoms with Crippen LogP contribution in [0.4, 0.5) is 0 Å². The zero-order chi connectivity index (χ0) is 11.5. The van der Waals surface area contributed by atoms with Crippen LogP contribution < -0.4 is 0 Å². The van der Waals surface area contributed by atoms with Gasteiger partial charge in [0.05, 0.1) is 0 Å². The van der Waals surface area contributed by atoms with Crippen LogP contribution in [-0.4, -0.2) is 4.98 Å². The minimum absolute atomic E-state index is 0.0685. The van der Waals surface area contributed by atoms with Gasteiger partial charge in [0.25, 0.3) is 0 Å². The van der Waals surface area contributed by atoms with Gasteiger partial charge in [-0.15, -0.1) is 0 Å². The molecule has 0 amide bonds. The zero-order valence-electron chi connectivity index (χ0n) is 10.2. The number of hydrogen-bond acceptors (Lipinski definition) is 2. The summed E-state index contributed by atoms with van der Waals surface area (Å²) in [5, 5.41) is 1.08. The van der Waals surface area contributed by atoms with Crippen molar-refractivity contribution in [3.05, 3.63) is 30.3 Å². The fraction of sp³-hybridized carbons (Fsp3) is 0.462. The molecule has 0 aromatic carbocycles. The maximum atomic E-state index is 5.69. The van der Waals surface area contributed by atoms with E-state index in [4.69, 9.17) is 4.42 Å². The standard InChI is InChI=1S/C11H13NO.C2H6/c1-11(2,3)10-6-8-7-12-5-4-9(8)13-10;1-2/h4-7H,1-3H3;1-2H3. The first kappa shape index (κ1) is 11.8. The van der Waals surface area contributed by atoms with Gasteiger partial charge in [-0.3, -0.25) is 4.98 Å². The van der Waals surface area contributed by atoms with E-state index in [9.17, 15) is 0 Å². The Morgan fingerprint density at radius 3 is 2.40 bits per heavy atom. The third kappa shape index (κ3) is 2.58. The van der Waals surface area contributed by atoms with Gasteiger partial charge in [0, 0.05) is 23.2 Å². The first-order valence-corrected chi connectivity index (χ1v) is 5.41. The third-order valence-electron chi connectivity index (χ3n) is 2.06. The Balaban J connectivity index is 0.000000531. The van der Waals surface area contributed by atoms with Crippen LogP contribution in [-0.2, 0) is 5.41 Å². The van der Waals surface area contributed by atoms with Crippen molar-refractivity contribution >= 4 is 11.0 Å². The van der Waals surface area contributed by atoms with E-state index < -0.39 is 0 Å². The first-order chi connectivity index (χ1) is 7.07. The summed E-state index contributed by atoms with van der Waals surface area (Å²) in [6.07, 6.45) is 3.58. The number of pyridine rings is 1. The molecule has 0 radical (unpaired) electrons. The maximum Gasteiger partial charge on any atom is 0.137 e. The molecule has 2 aromatic heterocycles. The van der Waals surface area contributed by atoms with Crippen molar-refractivity contribution in [1.29, 1.82) is 0 Å². The molecule has 0 spiro atoms. The quantitative estimate of drug-likeness (QED) is 0.645. The van der Waals surface area contributed by atoms with Gasteiger partial charge in [0.2, 0.25) is 0 Å². The summed E-state index contributed by atoms with van der Waals surface area (Å²) in [6, 6.07) is 3.95. The van der Waals surface area contributed by atoms with E-state index in [2.05, 4.69) is 31.8 Å². The van der Waals surface area contributed by atoms with Crippen LogP contribution in [0.3, 0.4) is 0 Å². The Morgan fingerprint density at radius 2 is 1.87 bits per heavy atom. The van der Waals surface area contributed by atoms with Gasteiger partial charge < -0.3 is 4.42 Å². The number of hydrogen-bond donors (Lipinski definition) is 0. The van der Waals surface area contributed by atoms with E-state index in [0.717, 1.165) is 16.7 Å². The molecule has 0 saturated heterocycles. The van der Waals surface area contributed by atoms with Crippen molar-refractivity contribution in [2.45, 2.75) is 40.0 Å². The van der Waals surface area contributed by atoms with E-state index in [1.807, 2.05) is 26.1 Å². The third-order valence-corrected chi connectivity index (χ3v) is 2.06. The van der Waals surface area contributed by atoms with Gasteiger partial charge in [-0.25, -0.2) is 0 Å². The number of rotatable bonds is 0. The van der Waals surface area contributed by atoms with E-state index in [-0.39, 0.29) is 5.41 Å². The predicted octanol–water partition coefficient (Wildman–Crippen LogP) is 4.15. The Kier molecular flexibility index (Phi) is 3.51. The summed E-state index contributed by atoms with van der Waals surface area (Å²) in [5.41, 5.74) is 0.985. The highest BCUT2D eigenvalue weighted by atomic mass is 16.3. The van der Waals surface area contributed by atoms with Crippen molar-refractivity contribution in [3.8, 4) is 0 Å². The molecule has 82 valence electrons. The van der Waals surface area contributed by atoms with E-state index >= 15 is 0 Å². The molecule has 2 aromatic rings. The van der Waals surface area contributed by atoms with Gasteiger partial charge >= 0.3 is 0 Å². The second kappa shape index (κ2) is 4.47. The summed E-state index contributed by atoms with van der Waals surface area (Å²) >= 11 is 0. The molecule has 0 bridgehead atoms. The summed E-state index contributed by atoms with van der Waals surface area (Å²) in [7, 11) is 0. The van der Waals surface area contributed by atoms with Gasteiger partial charge in [-0.05, 0) is 12.1 Å². The SMILES string of the molecule is CC.CC(C)(C)c1cc2cnccc2o1. The number of nitrogens with zero attached hydrogens (tertiary/aromatic N) is 1. The second-order valence-electron chi connectivity index (χ2n) is 4.27. The average Bonchev–Trinajstić information content (AvgIpc) is 2.63. The summed E-state index contributed by atoms with van der Waals surface area (Å²) in [4.78, 5) is 4.05. The highest BCUT2D eigenvalue weighted by Crippen LogP contribution is 2.28. The molecule has 0 aliphatic carbocycles. The van der Waals surface area contributed by atoms with Crippen molar-refractivity contribution in [2.75, 3.05) is 0 Å². The predicted molar refractivity (Wildman–Crippen MR) is 64.1 cm³/mol. The minimum Gasteiger partial charge on any atom is -0.460 e. The molecule has 2 nitrogen and oxygen atoms in total. The number of fused-ring (bicyclic) bond motifs is 1. The Hall–Kier alpha value is -1.31. The Labute approximate surface area is 91.3 Å². The lowest BCUT2D eigenvalue weighted by atomic mass is 9.93. The van der Waals surface area contributed by atoms with Crippen LogP contribution in [0.5, 0.6) is 0 Å².